The van der Waals surface area contributed by atoms with Gasteiger partial charge in [-0.1, -0.05) is 13.8 Å². The largest absolute Gasteiger partial charge is 0.341 e. The lowest BCUT2D eigenvalue weighted by Crippen LogP contribution is -2.36. The molecule has 100 valence electrons. The molecule has 0 spiro atoms. The molecule has 0 aliphatic carbocycles. The van der Waals surface area contributed by atoms with Crippen LogP contribution in [0.15, 0.2) is 0 Å². The molecule has 0 aromatic heterocycles. The van der Waals surface area contributed by atoms with Gasteiger partial charge in [0.1, 0.15) is 0 Å². The van der Waals surface area contributed by atoms with E-state index in [0.29, 0.717) is 19.1 Å². The Balaban J connectivity index is 2.37. The molecular weight excluding hydrogens is 242 g/mol. The van der Waals surface area contributed by atoms with E-state index in [2.05, 4.69) is 5.32 Å². The lowest BCUT2D eigenvalue weighted by atomic mass is 10.1. The van der Waals surface area contributed by atoms with Gasteiger partial charge in [0.05, 0.1) is 5.75 Å². The van der Waals surface area contributed by atoms with Crippen LogP contribution in [-0.4, -0.2) is 50.7 Å². The number of amides is 1. The lowest BCUT2D eigenvalue weighted by molar-refractivity contribution is -0.127. The minimum atomic E-state index is -3.48. The topological polar surface area (TPSA) is 92.5 Å². The molecule has 17 heavy (non-hydrogen) atoms. The van der Waals surface area contributed by atoms with Gasteiger partial charge in [0.15, 0.2) is 0 Å². The number of nitrogens with zero attached hydrogens (tertiary/aromatic N) is 1. The van der Waals surface area contributed by atoms with Crippen molar-refractivity contribution in [2.45, 2.75) is 26.3 Å². The van der Waals surface area contributed by atoms with Crippen molar-refractivity contribution in [1.82, 2.24) is 10.2 Å². The molecule has 0 bridgehead atoms. The molecule has 1 fully saturated rings. The van der Waals surface area contributed by atoms with Gasteiger partial charge in [0, 0.05) is 38.0 Å². The highest BCUT2D eigenvalue weighted by Gasteiger charge is 2.31. The Labute approximate surface area is 103 Å². The van der Waals surface area contributed by atoms with Gasteiger partial charge in [-0.3, -0.25) is 4.79 Å². The summed E-state index contributed by atoms with van der Waals surface area (Å²) in [7, 11) is -3.48. The third-order valence-corrected chi connectivity index (χ3v) is 3.63. The zero-order valence-corrected chi connectivity index (χ0v) is 11.2. The molecule has 1 rings (SSSR count). The first kappa shape index (κ1) is 14.4. The summed E-state index contributed by atoms with van der Waals surface area (Å²) in [4.78, 5) is 13.3. The van der Waals surface area contributed by atoms with E-state index in [-0.39, 0.29) is 24.0 Å². The summed E-state index contributed by atoms with van der Waals surface area (Å²) in [6, 6.07) is 0.382. The monoisotopic (exact) mass is 263 g/mol. The molecule has 7 heteroatoms. The van der Waals surface area contributed by atoms with Crippen molar-refractivity contribution in [2.24, 2.45) is 11.1 Å². The molecule has 1 heterocycles. The number of sulfonamides is 1. The highest BCUT2D eigenvalue weighted by molar-refractivity contribution is 7.89. The number of likely N-dealkylation sites (tertiary alicyclic amines) is 1. The predicted molar refractivity (Wildman–Crippen MR) is 65.8 cm³/mol. The third kappa shape index (κ3) is 5.47. The second-order valence-electron chi connectivity index (χ2n) is 4.85. The molecule has 0 aromatic carbocycles. The van der Waals surface area contributed by atoms with E-state index in [1.165, 1.54) is 0 Å². The molecule has 3 N–H and O–H groups in total. The van der Waals surface area contributed by atoms with Crippen molar-refractivity contribution in [3.8, 4) is 0 Å². The van der Waals surface area contributed by atoms with Crippen molar-refractivity contribution < 1.29 is 13.2 Å². The molecular formula is C10H21N3O3S. The predicted octanol–water partition coefficient (Wildman–Crippen LogP) is -0.879. The summed E-state index contributed by atoms with van der Waals surface area (Å²) in [5.41, 5.74) is 0. The maximum Gasteiger partial charge on any atom is 0.223 e. The quantitative estimate of drug-likeness (QED) is 0.651. The van der Waals surface area contributed by atoms with Crippen molar-refractivity contribution in [1.29, 1.82) is 0 Å². The van der Waals surface area contributed by atoms with E-state index in [0.717, 1.165) is 6.54 Å². The van der Waals surface area contributed by atoms with Gasteiger partial charge < -0.3 is 10.2 Å². The van der Waals surface area contributed by atoms with Crippen LogP contribution in [0.3, 0.4) is 0 Å². The first-order valence-electron chi connectivity index (χ1n) is 5.79. The number of carbonyl (C=O) groups excluding carboxylic acids is 1. The van der Waals surface area contributed by atoms with Crippen LogP contribution in [-0.2, 0) is 14.8 Å². The molecule has 0 radical (unpaired) electrons. The molecule has 1 amide bonds. The van der Waals surface area contributed by atoms with Crippen LogP contribution in [0, 0.1) is 5.92 Å². The van der Waals surface area contributed by atoms with E-state index in [4.69, 9.17) is 5.14 Å². The Morgan fingerprint density at radius 1 is 1.53 bits per heavy atom. The second kappa shape index (κ2) is 5.79. The number of nitrogens with two attached hydrogens (primary N) is 1. The summed E-state index contributed by atoms with van der Waals surface area (Å²) in [5, 5.41) is 8.20. The maximum atomic E-state index is 11.6. The van der Waals surface area contributed by atoms with Crippen molar-refractivity contribution >= 4 is 15.9 Å². The summed E-state index contributed by atoms with van der Waals surface area (Å²) >= 11 is 0. The van der Waals surface area contributed by atoms with E-state index in [1.807, 2.05) is 13.8 Å². The van der Waals surface area contributed by atoms with Crippen molar-refractivity contribution in [2.75, 3.05) is 25.4 Å². The number of carbonyl (C=O) groups is 1. The maximum absolute atomic E-state index is 11.6. The van der Waals surface area contributed by atoms with Crippen molar-refractivity contribution in [3.63, 3.8) is 0 Å². The lowest BCUT2D eigenvalue weighted by Gasteiger charge is -2.17. The summed E-state index contributed by atoms with van der Waals surface area (Å²) in [5.74, 6) is -0.243. The van der Waals surface area contributed by atoms with E-state index >= 15 is 0 Å². The summed E-state index contributed by atoms with van der Waals surface area (Å²) in [6.45, 7) is 5.92. The Morgan fingerprint density at radius 3 is 2.71 bits per heavy atom. The van der Waals surface area contributed by atoms with Crippen LogP contribution in [0.25, 0.3) is 0 Å². The highest BCUT2D eigenvalue weighted by atomic mass is 32.2. The SMILES string of the molecule is CC(C)NCCN1CC(CS(N)(=O)=O)CC1=O. The van der Waals surface area contributed by atoms with E-state index in [1.54, 1.807) is 4.90 Å². The smallest absolute Gasteiger partial charge is 0.223 e. The van der Waals surface area contributed by atoms with Crippen LogP contribution in [0.2, 0.25) is 0 Å². The van der Waals surface area contributed by atoms with Crippen LogP contribution in [0.1, 0.15) is 20.3 Å². The van der Waals surface area contributed by atoms with Gasteiger partial charge in [0.25, 0.3) is 0 Å². The molecule has 0 saturated carbocycles. The van der Waals surface area contributed by atoms with Crippen LogP contribution < -0.4 is 10.5 Å². The Bertz CT molecular complexity index is 367. The average molecular weight is 263 g/mol. The second-order valence-corrected chi connectivity index (χ2v) is 6.51. The zero-order chi connectivity index (χ0) is 13.1. The molecule has 1 aliphatic heterocycles. The van der Waals surface area contributed by atoms with Crippen LogP contribution in [0.4, 0.5) is 0 Å². The van der Waals surface area contributed by atoms with E-state index in [9.17, 15) is 13.2 Å². The van der Waals surface area contributed by atoms with Gasteiger partial charge in [-0.25, -0.2) is 13.6 Å². The number of hydrogen-bond donors (Lipinski definition) is 2. The Kier molecular flexibility index (Phi) is 4.91. The zero-order valence-electron chi connectivity index (χ0n) is 10.3. The van der Waals surface area contributed by atoms with E-state index < -0.39 is 10.0 Å². The fourth-order valence-electron chi connectivity index (χ4n) is 2.00. The van der Waals surface area contributed by atoms with Gasteiger partial charge in [-0.05, 0) is 0 Å². The molecule has 6 nitrogen and oxygen atoms in total. The van der Waals surface area contributed by atoms with Gasteiger partial charge in [0.2, 0.25) is 15.9 Å². The van der Waals surface area contributed by atoms with Gasteiger partial charge in [-0.15, -0.1) is 0 Å². The third-order valence-electron chi connectivity index (χ3n) is 2.70. The van der Waals surface area contributed by atoms with Crippen LogP contribution in [0.5, 0.6) is 0 Å². The number of primary sulfonamides is 1. The summed E-state index contributed by atoms with van der Waals surface area (Å²) < 4.78 is 21.9. The fourth-order valence-corrected chi connectivity index (χ4v) is 2.88. The molecule has 1 atom stereocenters. The van der Waals surface area contributed by atoms with Gasteiger partial charge in [-0.2, -0.15) is 0 Å². The highest BCUT2D eigenvalue weighted by Crippen LogP contribution is 2.18. The minimum absolute atomic E-state index is 0.0178. The fraction of sp³-hybridized carbons (Fsp3) is 0.900. The Hall–Kier alpha value is -0.660. The molecule has 0 aromatic rings. The normalized spacial score (nSPS) is 21.5. The molecule has 1 saturated heterocycles. The van der Waals surface area contributed by atoms with Crippen molar-refractivity contribution in [3.05, 3.63) is 0 Å². The standard InChI is InChI=1S/C10H21N3O3S/c1-8(2)12-3-4-13-6-9(5-10(13)14)7-17(11,15)16/h8-9,12H,3-7H2,1-2H3,(H2,11,15,16). The minimum Gasteiger partial charge on any atom is -0.341 e. The molecule has 1 aliphatic rings. The number of nitrogens with one attached hydrogen (secondary N) is 1. The Morgan fingerprint density at radius 2 is 2.18 bits per heavy atom. The molecule has 1 unspecified atom stereocenters. The number of hydrogen-bond acceptors (Lipinski definition) is 4. The van der Waals surface area contributed by atoms with Gasteiger partial charge >= 0.3 is 0 Å². The first-order chi connectivity index (χ1) is 7.78. The van der Waals surface area contributed by atoms with Crippen LogP contribution >= 0.6 is 0 Å². The first-order valence-corrected chi connectivity index (χ1v) is 7.51. The summed E-state index contributed by atoms with van der Waals surface area (Å²) in [6.07, 6.45) is 0.290. The average Bonchev–Trinajstić information content (AvgIpc) is 2.42. The number of rotatable bonds is 6.